The average Bonchev–Trinajstić information content (AvgIpc) is 2.90. The van der Waals surface area contributed by atoms with E-state index in [4.69, 9.17) is 15.2 Å². The van der Waals surface area contributed by atoms with E-state index in [-0.39, 0.29) is 11.9 Å². The first-order valence-electron chi connectivity index (χ1n) is 4.08. The van der Waals surface area contributed by atoms with Gasteiger partial charge in [-0.3, -0.25) is 0 Å². The highest BCUT2D eigenvalue weighted by Gasteiger charge is 2.23. The molecule has 3 N–H and O–H groups in total. The maximum Gasteiger partial charge on any atom is 0.163 e. The van der Waals surface area contributed by atoms with Crippen molar-refractivity contribution in [3.05, 3.63) is 18.2 Å². The number of nitrogens with two attached hydrogens (primary N) is 1. The van der Waals surface area contributed by atoms with Crippen molar-refractivity contribution in [2.24, 2.45) is 0 Å². The highest BCUT2D eigenvalue weighted by molar-refractivity contribution is 5.51. The van der Waals surface area contributed by atoms with E-state index in [2.05, 4.69) is 0 Å². The maximum absolute atomic E-state index is 9.35. The van der Waals surface area contributed by atoms with Crippen LogP contribution in [0.2, 0.25) is 0 Å². The van der Waals surface area contributed by atoms with E-state index in [0.29, 0.717) is 18.0 Å². The Morgan fingerprint density at radius 3 is 3.08 bits per heavy atom. The molecule has 0 amide bonds. The second kappa shape index (κ2) is 3.14. The van der Waals surface area contributed by atoms with Crippen LogP contribution >= 0.6 is 0 Å². The molecule has 2 rings (SSSR count). The molecule has 4 nitrogen and oxygen atoms in total. The van der Waals surface area contributed by atoms with Gasteiger partial charge in [-0.1, -0.05) is 0 Å². The van der Waals surface area contributed by atoms with Crippen LogP contribution in [0.1, 0.15) is 0 Å². The second-order valence-corrected chi connectivity index (χ2v) is 2.99. The Morgan fingerprint density at radius 1 is 1.62 bits per heavy atom. The number of rotatable bonds is 3. The van der Waals surface area contributed by atoms with Crippen LogP contribution in [-0.4, -0.2) is 24.4 Å². The van der Waals surface area contributed by atoms with Crippen LogP contribution in [0.3, 0.4) is 0 Å². The fourth-order valence-corrected chi connectivity index (χ4v) is 0.993. The largest absolute Gasteiger partial charge is 0.504 e. The van der Waals surface area contributed by atoms with E-state index in [0.717, 1.165) is 6.61 Å². The number of epoxide rings is 1. The van der Waals surface area contributed by atoms with Crippen molar-refractivity contribution in [3.63, 3.8) is 0 Å². The normalized spacial score (nSPS) is 19.8. The molecule has 70 valence electrons. The van der Waals surface area contributed by atoms with Crippen molar-refractivity contribution >= 4 is 5.69 Å². The molecule has 1 atom stereocenters. The number of nitrogen functional groups attached to an aromatic ring is 1. The zero-order valence-corrected chi connectivity index (χ0v) is 7.06. The van der Waals surface area contributed by atoms with Gasteiger partial charge in [-0.15, -0.1) is 0 Å². The van der Waals surface area contributed by atoms with E-state index < -0.39 is 0 Å². The Labute approximate surface area is 75.9 Å². The van der Waals surface area contributed by atoms with Crippen LogP contribution in [0.5, 0.6) is 11.5 Å². The van der Waals surface area contributed by atoms with Crippen molar-refractivity contribution in [3.8, 4) is 11.5 Å². The summed E-state index contributed by atoms with van der Waals surface area (Å²) in [6.07, 6.45) is 0.181. The van der Waals surface area contributed by atoms with Gasteiger partial charge in [-0.05, 0) is 12.1 Å². The van der Waals surface area contributed by atoms with Gasteiger partial charge < -0.3 is 20.3 Å². The smallest absolute Gasteiger partial charge is 0.163 e. The molecule has 1 fully saturated rings. The Kier molecular flexibility index (Phi) is 1.98. The van der Waals surface area contributed by atoms with Gasteiger partial charge in [0.2, 0.25) is 0 Å². The molecule has 0 aliphatic carbocycles. The summed E-state index contributed by atoms with van der Waals surface area (Å²) < 4.78 is 10.2. The summed E-state index contributed by atoms with van der Waals surface area (Å²) in [7, 11) is 0. The van der Waals surface area contributed by atoms with Crippen molar-refractivity contribution < 1.29 is 14.6 Å². The molecule has 13 heavy (non-hydrogen) atoms. The first kappa shape index (κ1) is 8.19. The topological polar surface area (TPSA) is 68.0 Å². The maximum atomic E-state index is 9.35. The Hall–Kier alpha value is -1.42. The molecule has 1 aromatic carbocycles. The lowest BCUT2D eigenvalue weighted by Crippen LogP contribution is -2.04. The average molecular weight is 181 g/mol. The zero-order chi connectivity index (χ0) is 9.26. The summed E-state index contributed by atoms with van der Waals surface area (Å²) in [5.74, 6) is 0.519. The molecule has 0 bridgehead atoms. The number of ether oxygens (including phenoxy) is 2. The number of benzene rings is 1. The van der Waals surface area contributed by atoms with E-state index in [9.17, 15) is 5.11 Å². The quantitative estimate of drug-likeness (QED) is 0.410. The Morgan fingerprint density at radius 2 is 2.38 bits per heavy atom. The van der Waals surface area contributed by atoms with Crippen LogP contribution in [0.25, 0.3) is 0 Å². The van der Waals surface area contributed by atoms with Crippen molar-refractivity contribution in [1.29, 1.82) is 0 Å². The lowest BCUT2D eigenvalue weighted by molar-refractivity contribution is 0.254. The molecule has 4 heteroatoms. The van der Waals surface area contributed by atoms with Gasteiger partial charge in [-0.2, -0.15) is 0 Å². The Balaban J connectivity index is 2.03. The SMILES string of the molecule is Nc1ccc(O)c(OC[C@H]2CO2)c1. The molecular formula is C9H11NO3. The number of phenols is 1. The second-order valence-electron chi connectivity index (χ2n) is 2.99. The number of aromatic hydroxyl groups is 1. The number of hydrogen-bond acceptors (Lipinski definition) is 4. The van der Waals surface area contributed by atoms with Crippen LogP contribution in [0.4, 0.5) is 5.69 Å². The molecule has 1 saturated heterocycles. The fourth-order valence-electron chi connectivity index (χ4n) is 0.993. The molecule has 0 radical (unpaired) electrons. The molecule has 1 aliphatic heterocycles. The lowest BCUT2D eigenvalue weighted by Gasteiger charge is -2.06. The van der Waals surface area contributed by atoms with Gasteiger partial charge >= 0.3 is 0 Å². The number of hydrogen-bond donors (Lipinski definition) is 2. The van der Waals surface area contributed by atoms with E-state index in [1.807, 2.05) is 0 Å². The first-order valence-corrected chi connectivity index (χ1v) is 4.08. The lowest BCUT2D eigenvalue weighted by atomic mass is 10.3. The molecular weight excluding hydrogens is 170 g/mol. The fraction of sp³-hybridized carbons (Fsp3) is 0.333. The minimum atomic E-state index is 0.106. The molecule has 0 unspecified atom stereocenters. The van der Waals surface area contributed by atoms with Gasteiger partial charge in [0.25, 0.3) is 0 Å². The van der Waals surface area contributed by atoms with E-state index in [1.165, 1.54) is 6.07 Å². The molecule has 1 aliphatic rings. The third-order valence-corrected chi connectivity index (χ3v) is 1.81. The summed E-state index contributed by atoms with van der Waals surface area (Å²) >= 11 is 0. The molecule has 1 aromatic rings. The molecule has 1 heterocycles. The third-order valence-electron chi connectivity index (χ3n) is 1.81. The monoisotopic (exact) mass is 181 g/mol. The van der Waals surface area contributed by atoms with E-state index in [1.54, 1.807) is 12.1 Å². The number of anilines is 1. The van der Waals surface area contributed by atoms with Crippen molar-refractivity contribution in [2.75, 3.05) is 18.9 Å². The van der Waals surface area contributed by atoms with Crippen molar-refractivity contribution in [1.82, 2.24) is 0 Å². The summed E-state index contributed by atoms with van der Waals surface area (Å²) in [5.41, 5.74) is 6.10. The van der Waals surface area contributed by atoms with Crippen LogP contribution in [-0.2, 0) is 4.74 Å². The van der Waals surface area contributed by atoms with Crippen LogP contribution in [0.15, 0.2) is 18.2 Å². The summed E-state index contributed by atoms with van der Waals surface area (Å²) in [4.78, 5) is 0. The standard InChI is InChI=1S/C9H11NO3/c10-6-1-2-8(11)9(3-6)13-5-7-4-12-7/h1-3,7,11H,4-5,10H2/t7-/m1/s1. The summed E-state index contributed by atoms with van der Waals surface area (Å²) in [6.45, 7) is 1.21. The third kappa shape index (κ3) is 2.03. The van der Waals surface area contributed by atoms with Gasteiger partial charge in [0.05, 0.1) is 6.61 Å². The minimum absolute atomic E-state index is 0.106. The van der Waals surface area contributed by atoms with Crippen molar-refractivity contribution in [2.45, 2.75) is 6.10 Å². The van der Waals surface area contributed by atoms with Gasteiger partial charge in [0.1, 0.15) is 12.7 Å². The van der Waals surface area contributed by atoms with E-state index >= 15 is 0 Å². The predicted molar refractivity (Wildman–Crippen MR) is 47.8 cm³/mol. The minimum Gasteiger partial charge on any atom is -0.504 e. The number of phenolic OH excluding ortho intramolecular Hbond substituents is 1. The molecule has 0 aromatic heterocycles. The van der Waals surface area contributed by atoms with Gasteiger partial charge in [-0.25, -0.2) is 0 Å². The van der Waals surface area contributed by atoms with Crippen LogP contribution < -0.4 is 10.5 Å². The molecule has 0 spiro atoms. The molecule has 0 saturated carbocycles. The highest BCUT2D eigenvalue weighted by atomic mass is 16.6. The van der Waals surface area contributed by atoms with Gasteiger partial charge in [0.15, 0.2) is 11.5 Å². The highest BCUT2D eigenvalue weighted by Crippen LogP contribution is 2.28. The summed E-state index contributed by atoms with van der Waals surface area (Å²) in [6, 6.07) is 4.73. The summed E-state index contributed by atoms with van der Waals surface area (Å²) in [5, 5.41) is 9.35. The van der Waals surface area contributed by atoms with Crippen LogP contribution in [0, 0.1) is 0 Å². The zero-order valence-electron chi connectivity index (χ0n) is 7.06. The predicted octanol–water partition coefficient (Wildman–Crippen LogP) is 0.752. The Bertz CT molecular complexity index is 310. The van der Waals surface area contributed by atoms with Gasteiger partial charge in [0, 0.05) is 11.8 Å². The first-order chi connectivity index (χ1) is 6.25.